The number of aliphatic hydroxyl groups excluding tert-OH is 1. The second-order valence-electron chi connectivity index (χ2n) is 3.21. The quantitative estimate of drug-likeness (QED) is 0.479. The summed E-state index contributed by atoms with van der Waals surface area (Å²) in [5.74, 6) is 0.682. The fourth-order valence-electron chi connectivity index (χ4n) is 1.50. The molecular formula is C9H16O2. The molecule has 1 unspecified atom stereocenters. The summed E-state index contributed by atoms with van der Waals surface area (Å²) in [6, 6.07) is 0. The molecule has 1 atom stereocenters. The summed E-state index contributed by atoms with van der Waals surface area (Å²) in [6.07, 6.45) is 8.24. The van der Waals surface area contributed by atoms with Crippen LogP contribution in [0.25, 0.3) is 0 Å². The molecule has 0 fully saturated rings. The van der Waals surface area contributed by atoms with Crippen LogP contribution in [0.15, 0.2) is 12.2 Å². The fourth-order valence-corrected chi connectivity index (χ4v) is 1.50. The lowest BCUT2D eigenvalue weighted by molar-refractivity contribution is -0.0490. The van der Waals surface area contributed by atoms with Crippen LogP contribution in [-0.2, 0) is 0 Å². The lowest BCUT2D eigenvalue weighted by atomic mass is 9.90. The van der Waals surface area contributed by atoms with Gasteiger partial charge in [-0.25, -0.2) is 0 Å². The van der Waals surface area contributed by atoms with Crippen molar-refractivity contribution < 1.29 is 10.2 Å². The van der Waals surface area contributed by atoms with E-state index >= 15 is 0 Å². The van der Waals surface area contributed by atoms with E-state index in [0.717, 1.165) is 19.3 Å². The Morgan fingerprint density at radius 1 is 1.36 bits per heavy atom. The van der Waals surface area contributed by atoms with Crippen molar-refractivity contribution in [3.8, 4) is 0 Å². The van der Waals surface area contributed by atoms with Crippen LogP contribution < -0.4 is 0 Å². The Hall–Kier alpha value is -0.340. The molecule has 0 radical (unpaired) electrons. The van der Waals surface area contributed by atoms with Crippen molar-refractivity contribution in [1.82, 2.24) is 0 Å². The number of hydrogen-bond donors (Lipinski definition) is 2. The number of allylic oxidation sites excluding steroid dienone is 2. The third-order valence-electron chi connectivity index (χ3n) is 2.21. The van der Waals surface area contributed by atoms with E-state index in [-0.39, 0.29) is 0 Å². The molecule has 0 saturated heterocycles. The average Bonchev–Trinajstić information content (AvgIpc) is 2.03. The maximum Gasteiger partial charge on any atom is 0.151 e. The predicted octanol–water partition coefficient (Wildman–Crippen LogP) is 1.43. The van der Waals surface area contributed by atoms with Crippen LogP contribution in [0.1, 0.15) is 32.1 Å². The highest BCUT2D eigenvalue weighted by atomic mass is 16.5. The van der Waals surface area contributed by atoms with Gasteiger partial charge in [-0.05, 0) is 38.0 Å². The Bertz CT molecular complexity index is 130. The summed E-state index contributed by atoms with van der Waals surface area (Å²) in [7, 11) is 0. The molecule has 0 spiro atoms. The summed E-state index contributed by atoms with van der Waals surface area (Å²) in [5, 5.41) is 17.2. The van der Waals surface area contributed by atoms with Crippen LogP contribution in [0, 0.1) is 5.92 Å². The third-order valence-corrected chi connectivity index (χ3v) is 2.21. The van der Waals surface area contributed by atoms with Crippen LogP contribution in [0.3, 0.4) is 0 Å². The van der Waals surface area contributed by atoms with E-state index in [4.69, 9.17) is 10.2 Å². The Balaban J connectivity index is 2.11. The summed E-state index contributed by atoms with van der Waals surface area (Å²) in [5.41, 5.74) is 0. The molecule has 1 aliphatic rings. The van der Waals surface area contributed by atoms with Crippen molar-refractivity contribution in [1.29, 1.82) is 0 Å². The molecule has 2 heteroatoms. The smallest absolute Gasteiger partial charge is 0.151 e. The molecule has 0 amide bonds. The molecule has 0 aromatic heterocycles. The minimum absolute atomic E-state index is 0.526. The van der Waals surface area contributed by atoms with Gasteiger partial charge in [0.15, 0.2) is 6.29 Å². The maximum absolute atomic E-state index is 8.62. The fraction of sp³-hybridized carbons (Fsp3) is 0.778. The molecule has 2 N–H and O–H groups in total. The van der Waals surface area contributed by atoms with Gasteiger partial charge >= 0.3 is 0 Å². The van der Waals surface area contributed by atoms with Gasteiger partial charge in [0.1, 0.15) is 0 Å². The molecule has 0 saturated carbocycles. The molecular weight excluding hydrogens is 140 g/mol. The van der Waals surface area contributed by atoms with Crippen LogP contribution in [0.5, 0.6) is 0 Å². The first-order valence-corrected chi connectivity index (χ1v) is 4.30. The minimum Gasteiger partial charge on any atom is -0.368 e. The van der Waals surface area contributed by atoms with E-state index in [2.05, 4.69) is 12.2 Å². The highest BCUT2D eigenvalue weighted by Gasteiger charge is 2.10. The van der Waals surface area contributed by atoms with Crippen LogP contribution in [0.4, 0.5) is 0 Å². The Labute approximate surface area is 67.6 Å². The number of rotatable bonds is 3. The number of aliphatic hydroxyl groups is 2. The molecule has 2 nitrogen and oxygen atoms in total. The standard InChI is InChI=1S/C9H16O2/c10-9(11)7-6-8-4-2-1-3-5-8/h1-2,8-11H,3-7H2. The van der Waals surface area contributed by atoms with Crippen molar-refractivity contribution in [3.63, 3.8) is 0 Å². The Morgan fingerprint density at radius 2 is 2.18 bits per heavy atom. The summed E-state index contributed by atoms with van der Waals surface area (Å²) in [4.78, 5) is 0. The minimum atomic E-state index is -1.11. The Kier molecular flexibility index (Phi) is 3.60. The maximum atomic E-state index is 8.62. The van der Waals surface area contributed by atoms with Crippen molar-refractivity contribution in [2.45, 2.75) is 38.4 Å². The lowest BCUT2D eigenvalue weighted by Crippen LogP contribution is -2.09. The second kappa shape index (κ2) is 4.52. The SMILES string of the molecule is OC(O)CCC1CC=CCC1. The van der Waals surface area contributed by atoms with E-state index in [9.17, 15) is 0 Å². The predicted molar refractivity (Wildman–Crippen MR) is 43.9 cm³/mol. The van der Waals surface area contributed by atoms with E-state index in [1.54, 1.807) is 0 Å². The van der Waals surface area contributed by atoms with Crippen molar-refractivity contribution >= 4 is 0 Å². The molecule has 1 aliphatic carbocycles. The highest BCUT2D eigenvalue weighted by molar-refractivity contribution is 4.89. The molecule has 0 aromatic rings. The molecule has 0 aliphatic heterocycles. The zero-order valence-electron chi connectivity index (χ0n) is 6.74. The van der Waals surface area contributed by atoms with E-state index in [0.29, 0.717) is 12.3 Å². The first kappa shape index (κ1) is 8.75. The Morgan fingerprint density at radius 3 is 2.73 bits per heavy atom. The lowest BCUT2D eigenvalue weighted by Gasteiger charge is -2.17. The zero-order chi connectivity index (χ0) is 8.10. The molecule has 11 heavy (non-hydrogen) atoms. The van der Waals surface area contributed by atoms with Crippen LogP contribution >= 0.6 is 0 Å². The van der Waals surface area contributed by atoms with Crippen molar-refractivity contribution in [2.75, 3.05) is 0 Å². The monoisotopic (exact) mass is 156 g/mol. The largest absolute Gasteiger partial charge is 0.368 e. The van der Waals surface area contributed by atoms with E-state index in [1.165, 1.54) is 6.42 Å². The highest BCUT2D eigenvalue weighted by Crippen LogP contribution is 2.22. The van der Waals surface area contributed by atoms with E-state index < -0.39 is 6.29 Å². The molecule has 1 rings (SSSR count). The van der Waals surface area contributed by atoms with Gasteiger partial charge < -0.3 is 10.2 Å². The van der Waals surface area contributed by atoms with Crippen molar-refractivity contribution in [2.24, 2.45) is 5.92 Å². The average molecular weight is 156 g/mol. The molecule has 64 valence electrons. The normalized spacial score (nSPS) is 24.5. The van der Waals surface area contributed by atoms with Gasteiger partial charge in [0, 0.05) is 0 Å². The van der Waals surface area contributed by atoms with Gasteiger partial charge in [0.05, 0.1) is 0 Å². The molecule has 0 heterocycles. The summed E-state index contributed by atoms with van der Waals surface area (Å²) >= 11 is 0. The van der Waals surface area contributed by atoms with Gasteiger partial charge in [-0.3, -0.25) is 0 Å². The first-order chi connectivity index (χ1) is 5.29. The number of hydrogen-bond acceptors (Lipinski definition) is 2. The van der Waals surface area contributed by atoms with Gasteiger partial charge in [-0.1, -0.05) is 12.2 Å². The molecule has 0 bridgehead atoms. The van der Waals surface area contributed by atoms with E-state index in [1.807, 2.05) is 0 Å². The summed E-state index contributed by atoms with van der Waals surface area (Å²) < 4.78 is 0. The van der Waals surface area contributed by atoms with Gasteiger partial charge in [0.2, 0.25) is 0 Å². The van der Waals surface area contributed by atoms with Crippen LogP contribution in [-0.4, -0.2) is 16.5 Å². The molecule has 0 aromatic carbocycles. The van der Waals surface area contributed by atoms with Gasteiger partial charge in [-0.15, -0.1) is 0 Å². The zero-order valence-corrected chi connectivity index (χ0v) is 6.74. The first-order valence-electron chi connectivity index (χ1n) is 4.30. The van der Waals surface area contributed by atoms with Gasteiger partial charge in [0.25, 0.3) is 0 Å². The third kappa shape index (κ3) is 3.54. The van der Waals surface area contributed by atoms with Crippen molar-refractivity contribution in [3.05, 3.63) is 12.2 Å². The summed E-state index contributed by atoms with van der Waals surface area (Å²) in [6.45, 7) is 0. The second-order valence-corrected chi connectivity index (χ2v) is 3.21. The van der Waals surface area contributed by atoms with Crippen LogP contribution in [0.2, 0.25) is 0 Å². The van der Waals surface area contributed by atoms with Gasteiger partial charge in [-0.2, -0.15) is 0 Å². The topological polar surface area (TPSA) is 40.5 Å².